The van der Waals surface area contributed by atoms with Gasteiger partial charge in [-0.1, -0.05) is 18.2 Å². The zero-order valence-corrected chi connectivity index (χ0v) is 14.7. The molecule has 1 aromatic rings. The minimum absolute atomic E-state index is 0.0132. The van der Waals surface area contributed by atoms with Crippen LogP contribution in [0.15, 0.2) is 29.4 Å². The van der Waals surface area contributed by atoms with Crippen LogP contribution in [0.4, 0.5) is 5.69 Å². The first kappa shape index (κ1) is 16.7. The number of piperidine rings is 1. The Morgan fingerprint density at radius 1 is 1.12 bits per heavy atom. The van der Waals surface area contributed by atoms with E-state index in [1.54, 1.807) is 0 Å². The Balaban J connectivity index is 1.90. The Hall–Kier alpha value is -2.17. The van der Waals surface area contributed by atoms with Crippen LogP contribution in [-0.2, 0) is 9.59 Å². The number of carbonyl (C=O) groups excluding carboxylic acids is 2. The second-order valence-electron chi connectivity index (χ2n) is 6.88. The molecule has 2 heterocycles. The van der Waals surface area contributed by atoms with Gasteiger partial charge < -0.3 is 4.90 Å². The van der Waals surface area contributed by atoms with Gasteiger partial charge >= 0.3 is 0 Å². The van der Waals surface area contributed by atoms with Crippen molar-refractivity contribution in [2.75, 3.05) is 5.01 Å². The van der Waals surface area contributed by atoms with Gasteiger partial charge in [-0.15, -0.1) is 0 Å². The van der Waals surface area contributed by atoms with Crippen molar-refractivity contribution < 1.29 is 9.59 Å². The molecule has 2 atom stereocenters. The first-order chi connectivity index (χ1) is 11.5. The molecule has 1 fully saturated rings. The average molecular weight is 327 g/mol. The number of anilines is 1. The zero-order valence-electron chi connectivity index (χ0n) is 14.7. The van der Waals surface area contributed by atoms with Gasteiger partial charge in [0.05, 0.1) is 5.69 Å². The molecule has 0 N–H and O–H groups in total. The summed E-state index contributed by atoms with van der Waals surface area (Å²) >= 11 is 0. The maximum Gasteiger partial charge on any atom is 0.270 e. The number of benzene rings is 1. The van der Waals surface area contributed by atoms with Crippen molar-refractivity contribution in [2.24, 2.45) is 5.10 Å². The van der Waals surface area contributed by atoms with E-state index >= 15 is 0 Å². The molecule has 0 bridgehead atoms. The molecular formula is C19H25N3O2. The van der Waals surface area contributed by atoms with Crippen molar-refractivity contribution in [1.82, 2.24) is 4.90 Å². The fraction of sp³-hybridized carbons (Fsp3) is 0.526. The van der Waals surface area contributed by atoms with Crippen LogP contribution in [0.1, 0.15) is 51.5 Å². The van der Waals surface area contributed by atoms with E-state index in [9.17, 15) is 9.59 Å². The normalized spacial score (nSPS) is 24.8. The lowest BCUT2D eigenvalue weighted by atomic mass is 9.96. The van der Waals surface area contributed by atoms with Crippen LogP contribution in [-0.4, -0.2) is 34.5 Å². The number of hydrogen-bond acceptors (Lipinski definition) is 3. The summed E-state index contributed by atoms with van der Waals surface area (Å²) in [5.74, 6) is -0.0682. The molecule has 5 nitrogen and oxygen atoms in total. The Kier molecular flexibility index (Phi) is 4.69. The smallest absolute Gasteiger partial charge is 0.270 e. The molecule has 0 radical (unpaired) electrons. The number of rotatable bonds is 2. The molecule has 1 aromatic carbocycles. The van der Waals surface area contributed by atoms with E-state index in [0.29, 0.717) is 18.6 Å². The van der Waals surface area contributed by atoms with Crippen LogP contribution < -0.4 is 5.01 Å². The van der Waals surface area contributed by atoms with Crippen LogP contribution in [0, 0.1) is 6.92 Å². The van der Waals surface area contributed by atoms with Gasteiger partial charge in [-0.05, 0) is 51.7 Å². The minimum Gasteiger partial charge on any atom is -0.332 e. The molecule has 0 spiro atoms. The third-order valence-corrected chi connectivity index (χ3v) is 5.05. The highest BCUT2D eigenvalue weighted by molar-refractivity contribution is 6.40. The van der Waals surface area contributed by atoms with E-state index in [1.807, 2.05) is 36.1 Å². The second kappa shape index (κ2) is 6.75. The molecule has 2 aliphatic rings. The minimum atomic E-state index is -0.0550. The molecule has 0 saturated carbocycles. The topological polar surface area (TPSA) is 53.0 Å². The lowest BCUT2D eigenvalue weighted by Crippen LogP contribution is -2.51. The van der Waals surface area contributed by atoms with Gasteiger partial charge in [0.1, 0.15) is 5.71 Å². The second-order valence-corrected chi connectivity index (χ2v) is 6.88. The van der Waals surface area contributed by atoms with Crippen molar-refractivity contribution in [3.05, 3.63) is 29.8 Å². The highest BCUT2D eigenvalue weighted by Crippen LogP contribution is 2.27. The van der Waals surface area contributed by atoms with E-state index in [0.717, 1.165) is 30.5 Å². The number of hydrogen-bond donors (Lipinski definition) is 0. The lowest BCUT2D eigenvalue weighted by molar-refractivity contribution is -0.130. The first-order valence-corrected chi connectivity index (χ1v) is 8.77. The number of likely N-dealkylation sites (tertiary alicyclic amines) is 1. The number of carbonyl (C=O) groups is 2. The van der Waals surface area contributed by atoms with Crippen molar-refractivity contribution >= 4 is 23.2 Å². The predicted molar refractivity (Wildman–Crippen MR) is 95.0 cm³/mol. The van der Waals surface area contributed by atoms with Gasteiger partial charge in [0.15, 0.2) is 0 Å². The van der Waals surface area contributed by atoms with Crippen molar-refractivity contribution in [2.45, 2.75) is 65.0 Å². The van der Waals surface area contributed by atoms with Crippen LogP contribution in [0.25, 0.3) is 0 Å². The summed E-state index contributed by atoms with van der Waals surface area (Å²) in [4.78, 5) is 27.3. The van der Waals surface area contributed by atoms with Crippen LogP contribution in [0.3, 0.4) is 0 Å². The Labute approximate surface area is 143 Å². The first-order valence-electron chi connectivity index (χ1n) is 8.77. The fourth-order valence-electron chi connectivity index (χ4n) is 3.67. The Morgan fingerprint density at radius 2 is 1.79 bits per heavy atom. The Bertz CT molecular complexity index is 673. The third-order valence-electron chi connectivity index (χ3n) is 5.05. The van der Waals surface area contributed by atoms with Gasteiger partial charge in [-0.3, -0.25) is 9.59 Å². The van der Waals surface area contributed by atoms with Crippen molar-refractivity contribution in [1.29, 1.82) is 0 Å². The number of para-hydroxylation sites is 1. The van der Waals surface area contributed by atoms with E-state index in [4.69, 9.17) is 0 Å². The number of amides is 2. The van der Waals surface area contributed by atoms with Crippen molar-refractivity contribution in [3.8, 4) is 0 Å². The van der Waals surface area contributed by atoms with E-state index < -0.39 is 0 Å². The largest absolute Gasteiger partial charge is 0.332 e. The van der Waals surface area contributed by atoms with Gasteiger partial charge in [0.2, 0.25) is 5.91 Å². The summed E-state index contributed by atoms with van der Waals surface area (Å²) in [6.07, 6.45) is 3.98. The summed E-state index contributed by atoms with van der Waals surface area (Å²) < 4.78 is 0. The SMILES string of the molecule is Cc1ccccc1N1N=C(C(=O)N2[C@H](C)CCC[C@H]2C)CCC1=O. The molecule has 24 heavy (non-hydrogen) atoms. The quantitative estimate of drug-likeness (QED) is 0.837. The summed E-state index contributed by atoms with van der Waals surface area (Å²) in [7, 11) is 0. The van der Waals surface area contributed by atoms with E-state index in [-0.39, 0.29) is 23.9 Å². The number of nitrogens with zero attached hydrogens (tertiary/aromatic N) is 3. The van der Waals surface area contributed by atoms with E-state index in [2.05, 4.69) is 18.9 Å². The summed E-state index contributed by atoms with van der Waals surface area (Å²) in [5, 5.41) is 5.86. The number of aryl methyl sites for hydroxylation is 1. The summed E-state index contributed by atoms with van der Waals surface area (Å²) in [6, 6.07) is 8.09. The van der Waals surface area contributed by atoms with Crippen LogP contribution in [0.5, 0.6) is 0 Å². The van der Waals surface area contributed by atoms with Crippen molar-refractivity contribution in [3.63, 3.8) is 0 Å². The average Bonchev–Trinajstić information content (AvgIpc) is 2.56. The fourth-order valence-corrected chi connectivity index (χ4v) is 3.67. The zero-order chi connectivity index (χ0) is 17.3. The molecule has 1 saturated heterocycles. The molecule has 5 heteroatoms. The molecule has 0 aliphatic carbocycles. The van der Waals surface area contributed by atoms with Crippen LogP contribution in [0.2, 0.25) is 0 Å². The summed E-state index contributed by atoms with van der Waals surface area (Å²) in [5.41, 5.74) is 2.23. The Morgan fingerprint density at radius 3 is 2.46 bits per heavy atom. The highest BCUT2D eigenvalue weighted by Gasteiger charge is 2.34. The molecular weight excluding hydrogens is 302 g/mol. The van der Waals surface area contributed by atoms with E-state index in [1.165, 1.54) is 5.01 Å². The molecule has 2 amide bonds. The molecule has 2 aliphatic heterocycles. The third kappa shape index (κ3) is 3.07. The molecule has 128 valence electrons. The van der Waals surface area contributed by atoms with Gasteiger partial charge in [0.25, 0.3) is 5.91 Å². The lowest BCUT2D eigenvalue weighted by Gasteiger charge is -2.39. The molecule has 0 unspecified atom stereocenters. The van der Waals surface area contributed by atoms with Crippen LogP contribution >= 0.6 is 0 Å². The number of hydrazone groups is 1. The maximum absolute atomic E-state index is 13.0. The highest BCUT2D eigenvalue weighted by atomic mass is 16.2. The van der Waals surface area contributed by atoms with Gasteiger partial charge in [0, 0.05) is 24.9 Å². The molecule has 3 rings (SSSR count). The van der Waals surface area contributed by atoms with Gasteiger partial charge in [-0.25, -0.2) is 5.01 Å². The monoisotopic (exact) mass is 327 g/mol. The predicted octanol–water partition coefficient (Wildman–Crippen LogP) is 3.27. The summed E-state index contributed by atoms with van der Waals surface area (Å²) in [6.45, 7) is 6.14. The van der Waals surface area contributed by atoms with Gasteiger partial charge in [-0.2, -0.15) is 5.10 Å². The maximum atomic E-state index is 13.0. The standard InChI is InChI=1S/C19H25N3O2/c1-13-7-4-5-10-17(13)22-18(23)12-11-16(20-22)19(24)21-14(2)8-6-9-15(21)3/h4-5,7,10,14-15H,6,8-9,11-12H2,1-3H3/t14-,15-/m1/s1. The molecule has 0 aromatic heterocycles.